The van der Waals surface area contributed by atoms with Crippen LogP contribution in [0.3, 0.4) is 0 Å². The highest BCUT2D eigenvalue weighted by Crippen LogP contribution is 2.15. The predicted molar refractivity (Wildman–Crippen MR) is 55.4 cm³/mol. The number of hydrogen-bond acceptors (Lipinski definition) is 2. The normalized spacial score (nSPS) is 10.7. The van der Waals surface area contributed by atoms with Crippen molar-refractivity contribution in [1.29, 1.82) is 0 Å². The topological polar surface area (TPSA) is 34.9 Å². The van der Waals surface area contributed by atoms with Crippen LogP contribution in [0.15, 0.2) is 24.3 Å². The number of aryl methyl sites for hydroxylation is 1. The molecule has 1 aromatic carbocycles. The number of nitrogens with zero attached hydrogens (tertiary/aromatic N) is 2. The lowest BCUT2D eigenvalue weighted by Crippen LogP contribution is -2.05. The van der Waals surface area contributed by atoms with E-state index >= 15 is 0 Å². The maximum atomic E-state index is 11.3. The van der Waals surface area contributed by atoms with Crippen LogP contribution in [-0.4, -0.2) is 15.3 Å². The summed E-state index contributed by atoms with van der Waals surface area (Å²) < 4.78 is 1.94. The monoisotopic (exact) mass is 188 g/mol. The quantitative estimate of drug-likeness (QED) is 0.677. The lowest BCUT2D eigenvalue weighted by Gasteiger charge is -2.01. The number of Topliss-reactive ketones (excluding diaryl/α,β-unsaturated/α-hetero) is 1. The first-order valence-corrected chi connectivity index (χ1v) is 4.70. The fourth-order valence-corrected chi connectivity index (χ4v) is 1.66. The van der Waals surface area contributed by atoms with Crippen LogP contribution in [0.5, 0.6) is 0 Å². The highest BCUT2D eigenvalue weighted by molar-refractivity contribution is 5.94. The zero-order chi connectivity index (χ0) is 10.1. The van der Waals surface area contributed by atoms with Crippen LogP contribution < -0.4 is 0 Å². The molecular weight excluding hydrogens is 176 g/mol. The fraction of sp³-hybridized carbons (Fsp3) is 0.273. The van der Waals surface area contributed by atoms with Gasteiger partial charge in [-0.05, 0) is 19.1 Å². The van der Waals surface area contributed by atoms with Gasteiger partial charge in [0.1, 0.15) is 0 Å². The minimum Gasteiger partial charge on any atom is -0.322 e. The average molecular weight is 188 g/mol. The summed E-state index contributed by atoms with van der Waals surface area (Å²) in [5.41, 5.74) is 1.92. The van der Waals surface area contributed by atoms with Crippen molar-refractivity contribution in [2.75, 3.05) is 0 Å². The van der Waals surface area contributed by atoms with Crippen LogP contribution in [-0.2, 0) is 6.54 Å². The lowest BCUT2D eigenvalue weighted by molar-refractivity contribution is 0.1000. The van der Waals surface area contributed by atoms with E-state index in [9.17, 15) is 4.79 Å². The van der Waals surface area contributed by atoms with Crippen molar-refractivity contribution < 1.29 is 4.79 Å². The number of ketones is 1. The first-order valence-electron chi connectivity index (χ1n) is 4.70. The Morgan fingerprint density at radius 1 is 1.43 bits per heavy atom. The van der Waals surface area contributed by atoms with E-state index in [-0.39, 0.29) is 5.78 Å². The van der Waals surface area contributed by atoms with E-state index in [4.69, 9.17) is 0 Å². The summed E-state index contributed by atoms with van der Waals surface area (Å²) in [6, 6.07) is 7.80. The molecule has 0 atom stereocenters. The number of benzene rings is 1. The summed E-state index contributed by atoms with van der Waals surface area (Å²) in [4.78, 5) is 15.6. The molecule has 0 spiro atoms. The molecule has 0 aliphatic heterocycles. The molecule has 0 saturated heterocycles. The van der Waals surface area contributed by atoms with E-state index in [1.807, 2.05) is 35.8 Å². The molecule has 0 unspecified atom stereocenters. The smallest absolute Gasteiger partial charge is 0.195 e. The molecule has 2 aromatic rings. The molecule has 1 heterocycles. The molecule has 14 heavy (non-hydrogen) atoms. The van der Waals surface area contributed by atoms with Gasteiger partial charge in [0.15, 0.2) is 11.6 Å². The van der Waals surface area contributed by atoms with Gasteiger partial charge in [-0.3, -0.25) is 4.79 Å². The molecule has 2 rings (SSSR count). The lowest BCUT2D eigenvalue weighted by atomic mass is 10.3. The number of fused-ring (bicyclic) bond motifs is 1. The van der Waals surface area contributed by atoms with Crippen LogP contribution in [0.4, 0.5) is 0 Å². The second-order valence-corrected chi connectivity index (χ2v) is 3.22. The predicted octanol–water partition coefficient (Wildman–Crippen LogP) is 2.26. The summed E-state index contributed by atoms with van der Waals surface area (Å²) in [5, 5.41) is 0. The Hall–Kier alpha value is -1.64. The van der Waals surface area contributed by atoms with Gasteiger partial charge in [-0.25, -0.2) is 4.98 Å². The number of para-hydroxylation sites is 2. The SMILES string of the molecule is CCn1c(C(C)=O)nc2ccccc21. The van der Waals surface area contributed by atoms with Gasteiger partial charge in [0.05, 0.1) is 11.0 Å². The second-order valence-electron chi connectivity index (χ2n) is 3.22. The molecule has 0 bridgehead atoms. The molecule has 0 N–H and O–H groups in total. The van der Waals surface area contributed by atoms with Crippen LogP contribution in [0.25, 0.3) is 11.0 Å². The number of rotatable bonds is 2. The summed E-state index contributed by atoms with van der Waals surface area (Å²) in [6.07, 6.45) is 0. The van der Waals surface area contributed by atoms with E-state index in [1.54, 1.807) is 6.92 Å². The summed E-state index contributed by atoms with van der Waals surface area (Å²) >= 11 is 0. The highest BCUT2D eigenvalue weighted by atomic mass is 16.1. The Kier molecular flexibility index (Phi) is 2.08. The third-order valence-corrected chi connectivity index (χ3v) is 2.29. The first kappa shape index (κ1) is 8.94. The van der Waals surface area contributed by atoms with Gasteiger partial charge in [-0.1, -0.05) is 12.1 Å². The van der Waals surface area contributed by atoms with E-state index in [0.29, 0.717) is 5.82 Å². The van der Waals surface area contributed by atoms with Gasteiger partial charge in [0.2, 0.25) is 0 Å². The fourth-order valence-electron chi connectivity index (χ4n) is 1.66. The standard InChI is InChI=1S/C11H12N2O/c1-3-13-10-7-5-4-6-9(10)12-11(13)8(2)14/h4-7H,3H2,1-2H3. The largest absolute Gasteiger partial charge is 0.322 e. The third-order valence-electron chi connectivity index (χ3n) is 2.29. The Balaban J connectivity index is 2.78. The molecule has 0 fully saturated rings. The zero-order valence-electron chi connectivity index (χ0n) is 8.32. The molecule has 0 saturated carbocycles. The Labute approximate surface area is 82.4 Å². The number of imidazole rings is 1. The van der Waals surface area contributed by atoms with Crippen LogP contribution >= 0.6 is 0 Å². The number of hydrogen-bond donors (Lipinski definition) is 0. The number of carbonyl (C=O) groups excluding carboxylic acids is 1. The maximum Gasteiger partial charge on any atom is 0.195 e. The molecule has 3 heteroatoms. The van der Waals surface area contributed by atoms with Crippen molar-refractivity contribution >= 4 is 16.8 Å². The van der Waals surface area contributed by atoms with Crippen LogP contribution in [0.2, 0.25) is 0 Å². The Morgan fingerprint density at radius 2 is 2.14 bits per heavy atom. The minimum atomic E-state index is 0.0167. The van der Waals surface area contributed by atoms with Crippen molar-refractivity contribution in [2.24, 2.45) is 0 Å². The van der Waals surface area contributed by atoms with E-state index in [0.717, 1.165) is 17.6 Å². The highest BCUT2D eigenvalue weighted by Gasteiger charge is 2.11. The molecule has 0 aliphatic rings. The number of aromatic nitrogens is 2. The molecule has 0 amide bonds. The second kappa shape index (κ2) is 3.25. The van der Waals surface area contributed by atoms with E-state index in [2.05, 4.69) is 4.98 Å². The van der Waals surface area contributed by atoms with Crippen LogP contribution in [0, 0.1) is 0 Å². The maximum absolute atomic E-state index is 11.3. The van der Waals surface area contributed by atoms with Gasteiger partial charge in [-0.15, -0.1) is 0 Å². The molecule has 1 aromatic heterocycles. The van der Waals surface area contributed by atoms with Gasteiger partial charge >= 0.3 is 0 Å². The summed E-state index contributed by atoms with van der Waals surface area (Å²) in [6.45, 7) is 4.34. The van der Waals surface area contributed by atoms with Gasteiger partial charge in [0, 0.05) is 13.5 Å². The van der Waals surface area contributed by atoms with Crippen molar-refractivity contribution in [3.8, 4) is 0 Å². The molecule has 72 valence electrons. The van der Waals surface area contributed by atoms with Crippen molar-refractivity contribution in [3.63, 3.8) is 0 Å². The molecular formula is C11H12N2O. The van der Waals surface area contributed by atoms with Crippen molar-refractivity contribution in [2.45, 2.75) is 20.4 Å². The van der Waals surface area contributed by atoms with Gasteiger partial charge in [-0.2, -0.15) is 0 Å². The van der Waals surface area contributed by atoms with E-state index in [1.165, 1.54) is 0 Å². The average Bonchev–Trinajstić information content (AvgIpc) is 2.56. The Morgan fingerprint density at radius 3 is 2.79 bits per heavy atom. The van der Waals surface area contributed by atoms with Gasteiger partial charge < -0.3 is 4.57 Å². The molecule has 0 aliphatic carbocycles. The third kappa shape index (κ3) is 1.21. The summed E-state index contributed by atoms with van der Waals surface area (Å²) in [5.74, 6) is 0.566. The number of carbonyl (C=O) groups is 1. The first-order chi connectivity index (χ1) is 6.74. The van der Waals surface area contributed by atoms with Crippen LogP contribution in [0.1, 0.15) is 24.5 Å². The molecule has 0 radical (unpaired) electrons. The Bertz CT molecular complexity index is 485. The van der Waals surface area contributed by atoms with Crippen molar-refractivity contribution in [1.82, 2.24) is 9.55 Å². The zero-order valence-corrected chi connectivity index (χ0v) is 8.32. The summed E-state index contributed by atoms with van der Waals surface area (Å²) in [7, 11) is 0. The van der Waals surface area contributed by atoms with Gasteiger partial charge in [0.25, 0.3) is 0 Å². The minimum absolute atomic E-state index is 0.0167. The van der Waals surface area contributed by atoms with E-state index < -0.39 is 0 Å². The molecule has 3 nitrogen and oxygen atoms in total. The van der Waals surface area contributed by atoms with Crippen molar-refractivity contribution in [3.05, 3.63) is 30.1 Å².